The minimum atomic E-state index is -0.496. The van der Waals surface area contributed by atoms with E-state index in [4.69, 9.17) is 26.5 Å². The molecule has 3 aromatic rings. The first-order valence-corrected chi connectivity index (χ1v) is 7.59. The van der Waals surface area contributed by atoms with Crippen molar-refractivity contribution in [3.8, 4) is 10.8 Å². The van der Waals surface area contributed by atoms with Crippen molar-refractivity contribution in [3.63, 3.8) is 0 Å². The van der Waals surface area contributed by atoms with E-state index >= 15 is 0 Å². The number of ether oxygens (including phenoxy) is 1. The fourth-order valence-corrected chi connectivity index (χ4v) is 2.55. The Kier molecular flexibility index (Phi) is 4.13. The Morgan fingerprint density at radius 2 is 2.27 bits per heavy atom. The van der Waals surface area contributed by atoms with Crippen molar-refractivity contribution in [2.75, 3.05) is 5.73 Å². The number of thiophene rings is 1. The van der Waals surface area contributed by atoms with Gasteiger partial charge in [0.2, 0.25) is 5.89 Å². The lowest BCUT2D eigenvalue weighted by molar-refractivity contribution is 0.0468. The van der Waals surface area contributed by atoms with Crippen LogP contribution in [0.25, 0.3) is 10.8 Å². The van der Waals surface area contributed by atoms with E-state index in [9.17, 15) is 4.79 Å². The summed E-state index contributed by atoms with van der Waals surface area (Å²) in [5.41, 5.74) is 6.87. The molecule has 0 bridgehead atoms. The van der Waals surface area contributed by atoms with Gasteiger partial charge in [-0.3, -0.25) is 0 Å². The third-order valence-electron chi connectivity index (χ3n) is 2.87. The summed E-state index contributed by atoms with van der Waals surface area (Å²) in [5, 5.41) is 2.33. The fraction of sp³-hybridized carbons (Fsp3) is 0.0667. The minimum absolute atomic E-state index is 0.0240. The first-order valence-electron chi connectivity index (χ1n) is 6.34. The molecule has 0 saturated heterocycles. The number of carbonyl (C=O) groups is 1. The number of oxazole rings is 1. The minimum Gasteiger partial charge on any atom is -0.455 e. The number of rotatable bonds is 4. The third-order valence-corrected chi connectivity index (χ3v) is 4.07. The second kappa shape index (κ2) is 6.21. The Morgan fingerprint density at radius 1 is 1.41 bits per heavy atom. The molecule has 0 unspecified atom stereocenters. The average Bonchev–Trinajstić information content (AvgIpc) is 3.18. The molecule has 5 nitrogen and oxygen atoms in total. The van der Waals surface area contributed by atoms with Crippen molar-refractivity contribution in [3.05, 3.63) is 58.3 Å². The zero-order valence-electron chi connectivity index (χ0n) is 11.3. The lowest BCUT2D eigenvalue weighted by Crippen LogP contribution is -2.06. The predicted molar refractivity (Wildman–Crippen MR) is 84.8 cm³/mol. The van der Waals surface area contributed by atoms with Gasteiger partial charge in [0.15, 0.2) is 0 Å². The van der Waals surface area contributed by atoms with E-state index in [1.807, 2.05) is 17.5 Å². The number of halogens is 1. The van der Waals surface area contributed by atoms with Gasteiger partial charge in [-0.1, -0.05) is 17.7 Å². The van der Waals surface area contributed by atoms with Gasteiger partial charge in [0, 0.05) is 0 Å². The molecule has 7 heteroatoms. The molecule has 0 saturated carbocycles. The summed E-state index contributed by atoms with van der Waals surface area (Å²) in [6, 6.07) is 8.40. The lowest BCUT2D eigenvalue weighted by atomic mass is 10.2. The molecule has 0 atom stereocenters. The molecule has 0 aliphatic heterocycles. The lowest BCUT2D eigenvalue weighted by Gasteiger charge is -2.04. The molecule has 0 spiro atoms. The summed E-state index contributed by atoms with van der Waals surface area (Å²) >= 11 is 7.33. The summed E-state index contributed by atoms with van der Waals surface area (Å²) in [6.07, 6.45) is 1.47. The van der Waals surface area contributed by atoms with Gasteiger partial charge >= 0.3 is 5.97 Å². The Hall–Kier alpha value is -2.31. The highest BCUT2D eigenvalue weighted by molar-refractivity contribution is 7.13. The zero-order valence-corrected chi connectivity index (χ0v) is 12.9. The number of anilines is 1. The van der Waals surface area contributed by atoms with E-state index in [2.05, 4.69) is 4.98 Å². The molecule has 0 aliphatic carbocycles. The van der Waals surface area contributed by atoms with E-state index in [0.717, 1.165) is 4.88 Å². The number of nitrogen functional groups attached to an aromatic ring is 1. The van der Waals surface area contributed by atoms with Crippen LogP contribution < -0.4 is 5.73 Å². The van der Waals surface area contributed by atoms with Gasteiger partial charge < -0.3 is 14.9 Å². The standard InChI is InChI=1S/C15H11ClN2O3S/c16-11-4-3-9(6-12(11)17)15(19)21-8-10-7-20-14(18-10)13-2-1-5-22-13/h1-7H,8,17H2. The SMILES string of the molecule is Nc1cc(C(=O)OCc2coc(-c3cccs3)n2)ccc1Cl. The summed E-state index contributed by atoms with van der Waals surface area (Å²) < 4.78 is 10.5. The van der Waals surface area contributed by atoms with E-state index in [1.54, 1.807) is 12.1 Å². The second-order valence-electron chi connectivity index (χ2n) is 4.43. The molecule has 2 heterocycles. The monoisotopic (exact) mass is 334 g/mol. The van der Waals surface area contributed by atoms with Crippen LogP contribution >= 0.6 is 22.9 Å². The van der Waals surface area contributed by atoms with Crippen LogP contribution in [0.4, 0.5) is 5.69 Å². The topological polar surface area (TPSA) is 78.4 Å². The quantitative estimate of drug-likeness (QED) is 0.576. The van der Waals surface area contributed by atoms with E-state index in [-0.39, 0.29) is 6.61 Å². The highest BCUT2D eigenvalue weighted by Crippen LogP contribution is 2.24. The number of benzene rings is 1. The van der Waals surface area contributed by atoms with Crippen LogP contribution in [0.2, 0.25) is 5.02 Å². The number of nitrogens with zero attached hydrogens (tertiary/aromatic N) is 1. The molecule has 0 fully saturated rings. The van der Waals surface area contributed by atoms with Crippen molar-refractivity contribution in [2.24, 2.45) is 0 Å². The molecular weight excluding hydrogens is 324 g/mol. The van der Waals surface area contributed by atoms with Crippen LogP contribution in [0.1, 0.15) is 16.1 Å². The molecule has 2 N–H and O–H groups in total. The number of esters is 1. The Balaban J connectivity index is 1.65. The fourth-order valence-electron chi connectivity index (χ4n) is 1.78. The summed E-state index contributed by atoms with van der Waals surface area (Å²) in [7, 11) is 0. The molecule has 0 radical (unpaired) electrons. The maximum atomic E-state index is 11.9. The normalized spacial score (nSPS) is 10.6. The Labute approximate surface area is 135 Å². The summed E-state index contributed by atoms with van der Waals surface area (Å²) in [6.45, 7) is 0.0240. The van der Waals surface area contributed by atoms with E-state index in [1.165, 1.54) is 23.7 Å². The molecule has 0 aliphatic rings. The molecule has 1 aromatic carbocycles. The molecule has 3 rings (SSSR count). The van der Waals surface area contributed by atoms with Crippen LogP contribution in [0.3, 0.4) is 0 Å². The van der Waals surface area contributed by atoms with Crippen molar-refractivity contribution in [1.29, 1.82) is 0 Å². The van der Waals surface area contributed by atoms with Gasteiger partial charge in [0.1, 0.15) is 18.6 Å². The van der Waals surface area contributed by atoms with Gasteiger partial charge in [0.25, 0.3) is 0 Å². The number of carbonyl (C=O) groups excluding carboxylic acids is 1. The Bertz CT molecular complexity index is 799. The second-order valence-corrected chi connectivity index (χ2v) is 5.79. The maximum absolute atomic E-state index is 11.9. The van der Waals surface area contributed by atoms with E-state index < -0.39 is 5.97 Å². The van der Waals surface area contributed by atoms with Crippen molar-refractivity contribution in [2.45, 2.75) is 6.61 Å². The van der Waals surface area contributed by atoms with Crippen LogP contribution in [0.15, 0.2) is 46.4 Å². The number of nitrogens with two attached hydrogens (primary N) is 1. The number of hydrogen-bond acceptors (Lipinski definition) is 6. The third kappa shape index (κ3) is 3.13. The highest BCUT2D eigenvalue weighted by atomic mass is 35.5. The van der Waals surface area contributed by atoms with Crippen molar-refractivity contribution >= 4 is 34.6 Å². The first-order chi connectivity index (χ1) is 10.6. The van der Waals surface area contributed by atoms with Crippen LogP contribution in [-0.2, 0) is 11.3 Å². The van der Waals surface area contributed by atoms with Gasteiger partial charge in [-0.05, 0) is 29.6 Å². The van der Waals surface area contributed by atoms with Gasteiger partial charge in [-0.2, -0.15) is 0 Å². The van der Waals surface area contributed by atoms with Gasteiger partial charge in [-0.15, -0.1) is 11.3 Å². The van der Waals surface area contributed by atoms with Gasteiger partial charge in [-0.25, -0.2) is 9.78 Å². The zero-order chi connectivity index (χ0) is 15.5. The molecule has 22 heavy (non-hydrogen) atoms. The van der Waals surface area contributed by atoms with E-state index in [0.29, 0.717) is 27.9 Å². The average molecular weight is 335 g/mol. The summed E-state index contributed by atoms with van der Waals surface area (Å²) in [5.74, 6) is 0.0147. The molecule has 0 amide bonds. The van der Waals surface area contributed by atoms with Crippen LogP contribution in [0, 0.1) is 0 Å². The van der Waals surface area contributed by atoms with Crippen LogP contribution in [-0.4, -0.2) is 11.0 Å². The summed E-state index contributed by atoms with van der Waals surface area (Å²) in [4.78, 5) is 17.1. The predicted octanol–water partition coefficient (Wildman–Crippen LogP) is 4.00. The molecule has 112 valence electrons. The van der Waals surface area contributed by atoms with Crippen molar-refractivity contribution < 1.29 is 13.9 Å². The Morgan fingerprint density at radius 3 is 3.00 bits per heavy atom. The highest BCUT2D eigenvalue weighted by Gasteiger charge is 2.12. The van der Waals surface area contributed by atoms with Crippen LogP contribution in [0.5, 0.6) is 0 Å². The first kappa shape index (κ1) is 14.6. The maximum Gasteiger partial charge on any atom is 0.338 e. The smallest absolute Gasteiger partial charge is 0.338 e. The molecule has 2 aromatic heterocycles. The number of aromatic nitrogens is 1. The largest absolute Gasteiger partial charge is 0.455 e. The molecular formula is C15H11ClN2O3S. The number of hydrogen-bond donors (Lipinski definition) is 1. The van der Waals surface area contributed by atoms with Gasteiger partial charge in [0.05, 0.1) is 21.2 Å². The van der Waals surface area contributed by atoms with Crippen molar-refractivity contribution in [1.82, 2.24) is 4.98 Å².